The minimum absolute atomic E-state index is 0.493. The van der Waals surface area contributed by atoms with Crippen molar-refractivity contribution in [2.24, 2.45) is 11.8 Å². The smallest absolute Gasteiger partial charge is 0.0648 e. The quantitative estimate of drug-likeness (QED) is 0.697. The van der Waals surface area contributed by atoms with E-state index in [4.69, 9.17) is 0 Å². The lowest BCUT2D eigenvalue weighted by Gasteiger charge is -2.37. The lowest BCUT2D eigenvalue weighted by molar-refractivity contribution is 0.398. The second kappa shape index (κ2) is 3.82. The zero-order chi connectivity index (χ0) is 9.31. The molecule has 2 fully saturated rings. The van der Waals surface area contributed by atoms with Gasteiger partial charge in [0.25, 0.3) is 0 Å². The molecular formula is C11H21NS. The first-order valence-electron chi connectivity index (χ1n) is 5.63. The Bertz CT molecular complexity index is 173. The summed E-state index contributed by atoms with van der Waals surface area (Å²) >= 11 is 2.19. The second-order valence-electron chi connectivity index (χ2n) is 4.81. The van der Waals surface area contributed by atoms with Crippen molar-refractivity contribution in [3.8, 4) is 0 Å². The highest BCUT2D eigenvalue weighted by Crippen LogP contribution is 2.45. The first-order valence-corrected chi connectivity index (χ1v) is 6.61. The summed E-state index contributed by atoms with van der Waals surface area (Å²) in [6.07, 6.45) is 5.65. The van der Waals surface area contributed by atoms with Crippen molar-refractivity contribution in [1.29, 1.82) is 0 Å². The molecule has 1 spiro atoms. The molecule has 0 aromatic heterocycles. The third-order valence-corrected chi connectivity index (χ3v) is 5.37. The van der Waals surface area contributed by atoms with Crippen LogP contribution in [0.1, 0.15) is 39.5 Å². The second-order valence-corrected chi connectivity index (χ2v) is 6.21. The van der Waals surface area contributed by atoms with Crippen molar-refractivity contribution < 1.29 is 0 Å². The van der Waals surface area contributed by atoms with Gasteiger partial charge in [0.15, 0.2) is 0 Å². The maximum Gasteiger partial charge on any atom is 0.0648 e. The Morgan fingerprint density at radius 3 is 2.92 bits per heavy atom. The van der Waals surface area contributed by atoms with Crippen LogP contribution >= 0.6 is 11.8 Å². The van der Waals surface area contributed by atoms with Crippen LogP contribution in [0.25, 0.3) is 0 Å². The SMILES string of the molecule is CCC1CCC2(C1)NCC(C)CS2. The molecule has 0 aromatic rings. The summed E-state index contributed by atoms with van der Waals surface area (Å²) < 4.78 is 0. The summed E-state index contributed by atoms with van der Waals surface area (Å²) in [6.45, 7) is 5.92. The molecule has 3 atom stereocenters. The summed E-state index contributed by atoms with van der Waals surface area (Å²) in [6, 6.07) is 0. The molecule has 1 nitrogen and oxygen atoms in total. The monoisotopic (exact) mass is 199 g/mol. The maximum atomic E-state index is 3.77. The highest BCUT2D eigenvalue weighted by molar-refractivity contribution is 8.00. The number of rotatable bonds is 1. The van der Waals surface area contributed by atoms with E-state index in [9.17, 15) is 0 Å². The summed E-state index contributed by atoms with van der Waals surface area (Å²) in [5.41, 5.74) is 0. The lowest BCUT2D eigenvalue weighted by atomic mass is 10.1. The summed E-state index contributed by atoms with van der Waals surface area (Å²) in [5, 5.41) is 3.77. The van der Waals surface area contributed by atoms with Crippen molar-refractivity contribution in [1.82, 2.24) is 5.32 Å². The highest BCUT2D eigenvalue weighted by atomic mass is 32.2. The van der Waals surface area contributed by atoms with E-state index in [-0.39, 0.29) is 0 Å². The van der Waals surface area contributed by atoms with E-state index in [2.05, 4.69) is 30.9 Å². The Labute approximate surface area is 86.0 Å². The molecule has 0 aromatic carbocycles. The van der Waals surface area contributed by atoms with E-state index in [1.54, 1.807) is 0 Å². The Hall–Kier alpha value is 0.310. The van der Waals surface area contributed by atoms with Gasteiger partial charge in [-0.15, -0.1) is 11.8 Å². The molecule has 3 unspecified atom stereocenters. The molecule has 13 heavy (non-hydrogen) atoms. The number of nitrogens with one attached hydrogen (secondary N) is 1. The van der Waals surface area contributed by atoms with E-state index in [0.717, 1.165) is 11.8 Å². The van der Waals surface area contributed by atoms with Crippen molar-refractivity contribution in [3.63, 3.8) is 0 Å². The zero-order valence-corrected chi connectivity index (χ0v) is 9.62. The first-order chi connectivity index (χ1) is 6.24. The fourth-order valence-corrected chi connectivity index (χ4v) is 4.04. The third kappa shape index (κ3) is 2.04. The van der Waals surface area contributed by atoms with E-state index >= 15 is 0 Å². The molecule has 2 rings (SSSR count). The van der Waals surface area contributed by atoms with E-state index in [1.165, 1.54) is 38.0 Å². The van der Waals surface area contributed by atoms with Crippen molar-refractivity contribution in [3.05, 3.63) is 0 Å². The topological polar surface area (TPSA) is 12.0 Å². The average molecular weight is 199 g/mol. The van der Waals surface area contributed by atoms with Gasteiger partial charge in [0.2, 0.25) is 0 Å². The third-order valence-electron chi connectivity index (χ3n) is 3.57. The molecule has 0 amide bonds. The van der Waals surface area contributed by atoms with Crippen molar-refractivity contribution in [2.75, 3.05) is 12.3 Å². The lowest BCUT2D eigenvalue weighted by Crippen LogP contribution is -2.47. The summed E-state index contributed by atoms with van der Waals surface area (Å²) in [5.74, 6) is 3.23. The van der Waals surface area contributed by atoms with Gasteiger partial charge in [-0.1, -0.05) is 20.3 Å². The molecule has 1 heterocycles. The minimum atomic E-state index is 0.493. The van der Waals surface area contributed by atoms with Crippen molar-refractivity contribution in [2.45, 2.75) is 44.4 Å². The molecule has 1 saturated heterocycles. The number of thioether (sulfide) groups is 1. The Balaban J connectivity index is 1.92. The molecule has 76 valence electrons. The normalized spacial score (nSPS) is 45.7. The van der Waals surface area contributed by atoms with Crippen molar-refractivity contribution >= 4 is 11.8 Å². The molecule has 2 aliphatic rings. The van der Waals surface area contributed by atoms with Crippen LogP contribution in [0.5, 0.6) is 0 Å². The minimum Gasteiger partial charge on any atom is -0.302 e. The standard InChI is InChI=1S/C11H21NS/c1-3-10-4-5-11(6-10)12-7-9(2)8-13-11/h9-10,12H,3-8H2,1-2H3. The van der Waals surface area contributed by atoms with Gasteiger partial charge in [0.05, 0.1) is 4.87 Å². The van der Waals surface area contributed by atoms with E-state index in [1.807, 2.05) is 0 Å². The van der Waals surface area contributed by atoms with Crippen LogP contribution in [0, 0.1) is 11.8 Å². The highest BCUT2D eigenvalue weighted by Gasteiger charge is 2.40. The summed E-state index contributed by atoms with van der Waals surface area (Å²) in [4.78, 5) is 0.493. The number of hydrogen-bond acceptors (Lipinski definition) is 2. The van der Waals surface area contributed by atoms with Gasteiger partial charge < -0.3 is 5.32 Å². The van der Waals surface area contributed by atoms with E-state index in [0.29, 0.717) is 4.87 Å². The Kier molecular flexibility index (Phi) is 2.89. The summed E-state index contributed by atoms with van der Waals surface area (Å²) in [7, 11) is 0. The molecule has 1 aliphatic heterocycles. The average Bonchev–Trinajstić information content (AvgIpc) is 2.55. The van der Waals surface area contributed by atoms with Crippen LogP contribution in [-0.2, 0) is 0 Å². The Morgan fingerprint density at radius 1 is 1.54 bits per heavy atom. The van der Waals surface area contributed by atoms with E-state index < -0.39 is 0 Å². The molecule has 2 heteroatoms. The predicted molar refractivity (Wildman–Crippen MR) is 60.0 cm³/mol. The Morgan fingerprint density at radius 2 is 2.38 bits per heavy atom. The fraction of sp³-hybridized carbons (Fsp3) is 1.00. The molecule has 1 saturated carbocycles. The molecule has 1 aliphatic carbocycles. The molecule has 0 bridgehead atoms. The van der Waals surface area contributed by atoms with Gasteiger partial charge in [-0.3, -0.25) is 0 Å². The van der Waals surface area contributed by atoms with Crippen LogP contribution in [0.2, 0.25) is 0 Å². The van der Waals surface area contributed by atoms with Crippen LogP contribution in [0.15, 0.2) is 0 Å². The molecular weight excluding hydrogens is 178 g/mol. The largest absolute Gasteiger partial charge is 0.302 e. The van der Waals surface area contributed by atoms with Gasteiger partial charge in [0, 0.05) is 0 Å². The van der Waals surface area contributed by atoms with Gasteiger partial charge in [-0.05, 0) is 43.4 Å². The van der Waals surface area contributed by atoms with Gasteiger partial charge in [-0.2, -0.15) is 0 Å². The molecule has 1 N–H and O–H groups in total. The van der Waals surface area contributed by atoms with Gasteiger partial charge in [0.1, 0.15) is 0 Å². The van der Waals surface area contributed by atoms with Gasteiger partial charge >= 0.3 is 0 Å². The van der Waals surface area contributed by atoms with Crippen LogP contribution in [0.4, 0.5) is 0 Å². The fourth-order valence-electron chi connectivity index (χ4n) is 2.52. The zero-order valence-electron chi connectivity index (χ0n) is 8.81. The maximum absolute atomic E-state index is 3.77. The van der Waals surface area contributed by atoms with Crippen LogP contribution < -0.4 is 5.32 Å². The molecule has 0 radical (unpaired) electrons. The first kappa shape index (κ1) is 9.85. The predicted octanol–water partition coefficient (Wildman–Crippen LogP) is 2.87. The van der Waals surface area contributed by atoms with Crippen LogP contribution in [-0.4, -0.2) is 17.2 Å². The number of hydrogen-bond donors (Lipinski definition) is 1. The van der Waals surface area contributed by atoms with Crippen LogP contribution in [0.3, 0.4) is 0 Å². The van der Waals surface area contributed by atoms with Gasteiger partial charge in [-0.25, -0.2) is 0 Å².